The molecular formula is C15H28N2O4. The van der Waals surface area contributed by atoms with E-state index in [2.05, 4.69) is 24.5 Å². The standard InChI is InChI=1S/C15H28N2O4/c1-3-5-6-12(4-2)11-16-14(20)17-15(13(18)19)7-9-21-10-8-15/h12H,3-11H2,1-2H3,(H,18,19)(H2,16,17,20). The van der Waals surface area contributed by atoms with Gasteiger partial charge in [-0.1, -0.05) is 33.1 Å². The van der Waals surface area contributed by atoms with Gasteiger partial charge in [-0.15, -0.1) is 0 Å². The topological polar surface area (TPSA) is 87.7 Å². The van der Waals surface area contributed by atoms with Gasteiger partial charge in [0.2, 0.25) is 0 Å². The lowest BCUT2D eigenvalue weighted by molar-refractivity contribution is -0.148. The smallest absolute Gasteiger partial charge is 0.329 e. The number of carbonyl (C=O) groups is 2. The van der Waals surface area contributed by atoms with Crippen LogP contribution in [-0.4, -0.2) is 42.4 Å². The lowest BCUT2D eigenvalue weighted by atomic mass is 9.90. The lowest BCUT2D eigenvalue weighted by Gasteiger charge is -2.34. The molecule has 0 bridgehead atoms. The minimum Gasteiger partial charge on any atom is -0.480 e. The van der Waals surface area contributed by atoms with Crippen molar-refractivity contribution in [2.45, 2.75) is 57.9 Å². The van der Waals surface area contributed by atoms with Crippen molar-refractivity contribution < 1.29 is 19.4 Å². The van der Waals surface area contributed by atoms with Gasteiger partial charge in [-0.3, -0.25) is 0 Å². The number of unbranched alkanes of at least 4 members (excludes halogenated alkanes) is 1. The second-order valence-electron chi connectivity index (χ2n) is 5.75. The van der Waals surface area contributed by atoms with Crippen LogP contribution in [0.3, 0.4) is 0 Å². The molecule has 0 saturated carbocycles. The van der Waals surface area contributed by atoms with E-state index in [0.717, 1.165) is 25.7 Å². The number of rotatable bonds is 8. The van der Waals surface area contributed by atoms with Crippen LogP contribution >= 0.6 is 0 Å². The summed E-state index contributed by atoms with van der Waals surface area (Å²) < 4.78 is 5.18. The molecule has 1 unspecified atom stereocenters. The van der Waals surface area contributed by atoms with Gasteiger partial charge in [0, 0.05) is 32.6 Å². The number of aliphatic carboxylic acids is 1. The molecule has 1 saturated heterocycles. The van der Waals surface area contributed by atoms with Gasteiger partial charge in [-0.05, 0) is 12.3 Å². The van der Waals surface area contributed by atoms with E-state index >= 15 is 0 Å². The summed E-state index contributed by atoms with van der Waals surface area (Å²) in [5, 5.41) is 14.8. The number of amides is 2. The van der Waals surface area contributed by atoms with Crippen LogP contribution < -0.4 is 10.6 Å². The quantitative estimate of drug-likeness (QED) is 0.641. The fourth-order valence-electron chi connectivity index (χ4n) is 2.55. The maximum absolute atomic E-state index is 12.0. The van der Waals surface area contributed by atoms with Gasteiger partial charge in [0.15, 0.2) is 0 Å². The van der Waals surface area contributed by atoms with Crippen molar-refractivity contribution in [3.8, 4) is 0 Å². The number of urea groups is 1. The molecule has 1 rings (SSSR count). The summed E-state index contributed by atoms with van der Waals surface area (Å²) in [7, 11) is 0. The summed E-state index contributed by atoms with van der Waals surface area (Å²) in [5.41, 5.74) is -1.19. The van der Waals surface area contributed by atoms with E-state index in [0.29, 0.717) is 38.5 Å². The Bertz CT molecular complexity index is 341. The minimum absolute atomic E-state index is 0.308. The van der Waals surface area contributed by atoms with Gasteiger partial charge in [-0.25, -0.2) is 9.59 Å². The molecule has 0 spiro atoms. The highest BCUT2D eigenvalue weighted by atomic mass is 16.5. The van der Waals surface area contributed by atoms with Crippen LogP contribution in [0.5, 0.6) is 0 Å². The fraction of sp³-hybridized carbons (Fsp3) is 0.867. The number of carboxylic acids is 1. The number of nitrogens with one attached hydrogen (secondary N) is 2. The van der Waals surface area contributed by atoms with Crippen molar-refractivity contribution in [3.05, 3.63) is 0 Å². The molecule has 6 nitrogen and oxygen atoms in total. The molecule has 6 heteroatoms. The Morgan fingerprint density at radius 1 is 1.29 bits per heavy atom. The van der Waals surface area contributed by atoms with Crippen LogP contribution in [-0.2, 0) is 9.53 Å². The zero-order chi connectivity index (χ0) is 15.7. The fourth-order valence-corrected chi connectivity index (χ4v) is 2.55. The number of hydrogen-bond donors (Lipinski definition) is 3. The summed E-state index contributed by atoms with van der Waals surface area (Å²) in [6.07, 6.45) is 5.01. The largest absolute Gasteiger partial charge is 0.480 e. The van der Waals surface area contributed by atoms with Gasteiger partial charge in [-0.2, -0.15) is 0 Å². The van der Waals surface area contributed by atoms with Gasteiger partial charge in [0.25, 0.3) is 0 Å². The maximum Gasteiger partial charge on any atom is 0.329 e. The first-order valence-corrected chi connectivity index (χ1v) is 7.91. The molecule has 0 radical (unpaired) electrons. The maximum atomic E-state index is 12.0. The van der Waals surface area contributed by atoms with Crippen molar-refractivity contribution in [3.63, 3.8) is 0 Å². The Morgan fingerprint density at radius 3 is 2.48 bits per heavy atom. The Morgan fingerprint density at radius 2 is 1.95 bits per heavy atom. The molecule has 1 aliphatic rings. The zero-order valence-corrected chi connectivity index (χ0v) is 13.1. The molecular weight excluding hydrogens is 272 g/mol. The molecule has 1 aliphatic heterocycles. The molecule has 0 aromatic carbocycles. The average Bonchev–Trinajstić information content (AvgIpc) is 2.48. The zero-order valence-electron chi connectivity index (χ0n) is 13.1. The SMILES string of the molecule is CCCCC(CC)CNC(=O)NC1(C(=O)O)CCOCC1. The van der Waals surface area contributed by atoms with Crippen LogP contribution in [0.2, 0.25) is 0 Å². The Kier molecular flexibility index (Phi) is 7.50. The third-order valence-electron chi connectivity index (χ3n) is 4.20. The molecule has 21 heavy (non-hydrogen) atoms. The van der Waals surface area contributed by atoms with Gasteiger partial charge in [0.1, 0.15) is 5.54 Å². The molecule has 1 atom stereocenters. The van der Waals surface area contributed by atoms with Gasteiger partial charge in [0.05, 0.1) is 0 Å². The molecule has 0 aromatic rings. The highest BCUT2D eigenvalue weighted by molar-refractivity contribution is 5.86. The van der Waals surface area contributed by atoms with E-state index in [-0.39, 0.29) is 0 Å². The minimum atomic E-state index is -1.19. The summed E-state index contributed by atoms with van der Waals surface area (Å²) in [5.74, 6) is -0.537. The monoisotopic (exact) mass is 300 g/mol. The van der Waals surface area contributed by atoms with E-state index in [1.54, 1.807) is 0 Å². The summed E-state index contributed by atoms with van der Waals surface area (Å²) in [6, 6.07) is -0.394. The Hall–Kier alpha value is -1.30. The van der Waals surface area contributed by atoms with Gasteiger partial charge < -0.3 is 20.5 Å². The van der Waals surface area contributed by atoms with Crippen LogP contribution in [0.4, 0.5) is 4.79 Å². The van der Waals surface area contributed by atoms with E-state index in [4.69, 9.17) is 4.74 Å². The Labute approximate surface area is 126 Å². The highest BCUT2D eigenvalue weighted by Crippen LogP contribution is 2.21. The second-order valence-corrected chi connectivity index (χ2v) is 5.75. The van der Waals surface area contributed by atoms with Crippen LogP contribution in [0, 0.1) is 5.92 Å². The lowest BCUT2D eigenvalue weighted by Crippen LogP contribution is -2.59. The van der Waals surface area contributed by atoms with E-state index in [1.165, 1.54) is 0 Å². The number of carboxylic acid groups (broad SMARTS) is 1. The molecule has 1 heterocycles. The van der Waals surface area contributed by atoms with Gasteiger partial charge >= 0.3 is 12.0 Å². The molecule has 122 valence electrons. The van der Waals surface area contributed by atoms with Crippen LogP contribution in [0.25, 0.3) is 0 Å². The molecule has 3 N–H and O–H groups in total. The Balaban J connectivity index is 2.45. The van der Waals surface area contributed by atoms with E-state index in [1.807, 2.05) is 0 Å². The highest BCUT2D eigenvalue weighted by Gasteiger charge is 2.41. The molecule has 0 aromatic heterocycles. The average molecular weight is 300 g/mol. The van der Waals surface area contributed by atoms with Crippen molar-refractivity contribution in [1.29, 1.82) is 0 Å². The van der Waals surface area contributed by atoms with Crippen LogP contribution in [0.15, 0.2) is 0 Å². The summed E-state index contributed by atoms with van der Waals surface area (Å²) >= 11 is 0. The van der Waals surface area contributed by atoms with E-state index in [9.17, 15) is 14.7 Å². The molecule has 0 aliphatic carbocycles. The van der Waals surface area contributed by atoms with Crippen molar-refractivity contribution >= 4 is 12.0 Å². The van der Waals surface area contributed by atoms with Crippen molar-refractivity contribution in [2.24, 2.45) is 5.92 Å². The third kappa shape index (κ3) is 5.53. The number of carbonyl (C=O) groups excluding carboxylic acids is 1. The predicted octanol–water partition coefficient (Wildman–Crippen LogP) is 2.14. The predicted molar refractivity (Wildman–Crippen MR) is 80.3 cm³/mol. The first-order chi connectivity index (χ1) is 10.0. The molecule has 1 fully saturated rings. The normalized spacial score (nSPS) is 18.8. The third-order valence-corrected chi connectivity index (χ3v) is 4.20. The first-order valence-electron chi connectivity index (χ1n) is 7.91. The first kappa shape index (κ1) is 17.8. The summed E-state index contributed by atoms with van der Waals surface area (Å²) in [6.45, 7) is 5.57. The van der Waals surface area contributed by atoms with Crippen LogP contribution in [0.1, 0.15) is 52.4 Å². The van der Waals surface area contributed by atoms with Crippen molar-refractivity contribution in [2.75, 3.05) is 19.8 Å². The van der Waals surface area contributed by atoms with E-state index < -0.39 is 17.5 Å². The second kappa shape index (κ2) is 8.87. The summed E-state index contributed by atoms with van der Waals surface area (Å²) in [4.78, 5) is 23.4. The van der Waals surface area contributed by atoms with Crippen molar-refractivity contribution in [1.82, 2.24) is 10.6 Å². The number of hydrogen-bond acceptors (Lipinski definition) is 3. The molecule has 2 amide bonds. The number of ether oxygens (including phenoxy) is 1.